The molecule has 0 saturated heterocycles. The number of aromatic nitrogens is 1. The summed E-state index contributed by atoms with van der Waals surface area (Å²) >= 11 is 0. The second kappa shape index (κ2) is 8.98. The maximum atomic E-state index is 12.3. The third kappa shape index (κ3) is 5.72. The molecule has 1 atom stereocenters. The minimum atomic E-state index is -0.551. The number of carbonyl (C=O) groups is 2. The molecule has 0 aliphatic rings. The molecule has 0 aliphatic carbocycles. The molecular weight excluding hydrogens is 322 g/mol. The van der Waals surface area contributed by atoms with Gasteiger partial charge in [0.2, 0.25) is 11.8 Å². The van der Waals surface area contributed by atoms with Crippen molar-refractivity contribution in [1.29, 1.82) is 0 Å². The van der Waals surface area contributed by atoms with Gasteiger partial charge in [-0.15, -0.1) is 0 Å². The summed E-state index contributed by atoms with van der Waals surface area (Å²) < 4.78 is 10.1. The first-order valence-corrected chi connectivity index (χ1v) is 8.13. The van der Waals surface area contributed by atoms with E-state index < -0.39 is 6.04 Å². The Morgan fingerprint density at radius 2 is 2.04 bits per heavy atom. The number of anilines is 1. The number of hydrogen-bond donors (Lipinski definition) is 1. The molecule has 1 N–H and O–H groups in total. The molecule has 2 aromatic rings. The maximum absolute atomic E-state index is 12.3. The summed E-state index contributed by atoms with van der Waals surface area (Å²) in [6.07, 6.45) is 0.463. The maximum Gasteiger partial charge on any atom is 0.323 e. The van der Waals surface area contributed by atoms with E-state index in [4.69, 9.17) is 9.26 Å². The van der Waals surface area contributed by atoms with Crippen molar-refractivity contribution in [2.75, 3.05) is 25.5 Å². The van der Waals surface area contributed by atoms with Crippen LogP contribution in [0.4, 0.5) is 5.88 Å². The largest absolute Gasteiger partial charge is 0.465 e. The van der Waals surface area contributed by atoms with Crippen LogP contribution in [0.2, 0.25) is 0 Å². The van der Waals surface area contributed by atoms with Crippen LogP contribution < -0.4 is 5.32 Å². The average molecular weight is 345 g/mol. The SMILES string of the molecule is CCOC(=O)[C@@H](Cc1ccccc1)N(C)CC(=O)Nc1cc(C)no1. The summed E-state index contributed by atoms with van der Waals surface area (Å²) in [5.74, 6) is -0.357. The molecule has 0 radical (unpaired) electrons. The van der Waals surface area contributed by atoms with Crippen molar-refractivity contribution in [2.24, 2.45) is 0 Å². The summed E-state index contributed by atoms with van der Waals surface area (Å²) in [7, 11) is 1.72. The van der Waals surface area contributed by atoms with Gasteiger partial charge >= 0.3 is 5.97 Å². The standard InChI is InChI=1S/C18H23N3O4/c1-4-24-18(23)15(11-14-8-6-5-7-9-14)21(3)12-16(22)19-17-10-13(2)20-25-17/h5-10,15H,4,11-12H2,1-3H3,(H,19,22)/t15-/m1/s1. The van der Waals surface area contributed by atoms with E-state index >= 15 is 0 Å². The Kier molecular flexibility index (Phi) is 6.71. The van der Waals surface area contributed by atoms with Gasteiger partial charge in [0.25, 0.3) is 0 Å². The monoisotopic (exact) mass is 345 g/mol. The van der Waals surface area contributed by atoms with Crippen LogP contribution in [0.1, 0.15) is 18.2 Å². The van der Waals surface area contributed by atoms with Crippen LogP contribution in [0.3, 0.4) is 0 Å². The van der Waals surface area contributed by atoms with Gasteiger partial charge < -0.3 is 9.26 Å². The predicted octanol–water partition coefficient (Wildman–Crippen LogP) is 2.03. The number of rotatable bonds is 8. The average Bonchev–Trinajstić information content (AvgIpc) is 2.98. The number of likely N-dealkylation sites (N-methyl/N-ethyl adjacent to an activating group) is 1. The zero-order valence-corrected chi connectivity index (χ0v) is 14.7. The van der Waals surface area contributed by atoms with E-state index in [0.717, 1.165) is 5.56 Å². The summed E-state index contributed by atoms with van der Waals surface area (Å²) in [6.45, 7) is 3.84. The van der Waals surface area contributed by atoms with Gasteiger partial charge in [0.15, 0.2) is 0 Å². The normalized spacial score (nSPS) is 12.0. The highest BCUT2D eigenvalue weighted by atomic mass is 16.5. The third-order valence-electron chi connectivity index (χ3n) is 3.65. The van der Waals surface area contributed by atoms with Gasteiger partial charge in [-0.3, -0.25) is 19.8 Å². The van der Waals surface area contributed by atoms with Crippen LogP contribution in [-0.4, -0.2) is 48.2 Å². The number of nitrogens with zero attached hydrogens (tertiary/aromatic N) is 2. The molecule has 0 saturated carbocycles. The Morgan fingerprint density at radius 1 is 1.32 bits per heavy atom. The summed E-state index contributed by atoms with van der Waals surface area (Å²) in [5.41, 5.74) is 1.68. The molecule has 0 spiro atoms. The molecule has 25 heavy (non-hydrogen) atoms. The number of esters is 1. The van der Waals surface area contributed by atoms with E-state index in [9.17, 15) is 9.59 Å². The second-order valence-electron chi connectivity index (χ2n) is 5.75. The number of benzene rings is 1. The molecule has 2 rings (SSSR count). The van der Waals surface area contributed by atoms with Crippen LogP contribution in [0, 0.1) is 6.92 Å². The first-order chi connectivity index (χ1) is 12.0. The minimum absolute atomic E-state index is 0.0239. The van der Waals surface area contributed by atoms with Gasteiger partial charge in [-0.25, -0.2) is 0 Å². The van der Waals surface area contributed by atoms with Crippen LogP contribution in [0.25, 0.3) is 0 Å². The Hall–Kier alpha value is -2.67. The lowest BCUT2D eigenvalue weighted by molar-refractivity contribution is -0.149. The molecule has 1 aromatic carbocycles. The Bertz CT molecular complexity index is 699. The van der Waals surface area contributed by atoms with Gasteiger partial charge in [0.05, 0.1) is 18.8 Å². The van der Waals surface area contributed by atoms with Crippen molar-refractivity contribution in [1.82, 2.24) is 10.1 Å². The Labute approximate surface area is 146 Å². The fraction of sp³-hybridized carbons (Fsp3) is 0.389. The lowest BCUT2D eigenvalue weighted by Gasteiger charge is -2.25. The van der Waals surface area contributed by atoms with Crippen molar-refractivity contribution >= 4 is 17.8 Å². The minimum Gasteiger partial charge on any atom is -0.465 e. The van der Waals surface area contributed by atoms with Crippen LogP contribution >= 0.6 is 0 Å². The van der Waals surface area contributed by atoms with E-state index in [-0.39, 0.29) is 24.3 Å². The quantitative estimate of drug-likeness (QED) is 0.737. The van der Waals surface area contributed by atoms with Crippen LogP contribution in [-0.2, 0) is 20.7 Å². The number of ether oxygens (including phenoxy) is 1. The Morgan fingerprint density at radius 3 is 2.64 bits per heavy atom. The van der Waals surface area contributed by atoms with Gasteiger partial charge in [0.1, 0.15) is 6.04 Å². The third-order valence-corrected chi connectivity index (χ3v) is 3.65. The van der Waals surface area contributed by atoms with Crippen molar-refractivity contribution in [3.05, 3.63) is 47.7 Å². The fourth-order valence-electron chi connectivity index (χ4n) is 2.43. The van der Waals surface area contributed by atoms with Crippen molar-refractivity contribution in [3.8, 4) is 0 Å². The van der Waals surface area contributed by atoms with E-state index in [2.05, 4.69) is 10.5 Å². The highest BCUT2D eigenvalue weighted by molar-refractivity contribution is 5.91. The van der Waals surface area contributed by atoms with E-state index in [0.29, 0.717) is 18.7 Å². The molecular formula is C18H23N3O4. The lowest BCUT2D eigenvalue weighted by atomic mass is 10.0. The molecule has 7 heteroatoms. The second-order valence-corrected chi connectivity index (χ2v) is 5.75. The van der Waals surface area contributed by atoms with Gasteiger partial charge in [-0.1, -0.05) is 35.5 Å². The van der Waals surface area contributed by atoms with Crippen molar-refractivity contribution < 1.29 is 18.8 Å². The van der Waals surface area contributed by atoms with Crippen LogP contribution in [0.5, 0.6) is 0 Å². The highest BCUT2D eigenvalue weighted by Gasteiger charge is 2.26. The number of aryl methyl sites for hydroxylation is 1. The Balaban J connectivity index is 2.02. The van der Waals surface area contributed by atoms with Gasteiger partial charge in [-0.2, -0.15) is 0 Å². The molecule has 1 aromatic heterocycles. The summed E-state index contributed by atoms with van der Waals surface area (Å²) in [6, 6.07) is 10.7. The van der Waals surface area contributed by atoms with Crippen LogP contribution in [0.15, 0.2) is 40.9 Å². The van der Waals surface area contributed by atoms with E-state index in [1.54, 1.807) is 31.9 Å². The smallest absolute Gasteiger partial charge is 0.323 e. The van der Waals surface area contributed by atoms with E-state index in [1.807, 2.05) is 30.3 Å². The molecule has 1 amide bonds. The molecule has 1 heterocycles. The molecule has 0 bridgehead atoms. The van der Waals surface area contributed by atoms with E-state index in [1.165, 1.54) is 0 Å². The predicted molar refractivity (Wildman–Crippen MR) is 93.1 cm³/mol. The molecule has 0 aliphatic heterocycles. The van der Waals surface area contributed by atoms with Crippen molar-refractivity contribution in [3.63, 3.8) is 0 Å². The molecule has 0 unspecified atom stereocenters. The number of carbonyl (C=O) groups excluding carboxylic acids is 2. The van der Waals surface area contributed by atoms with Crippen molar-refractivity contribution in [2.45, 2.75) is 26.3 Å². The van der Waals surface area contributed by atoms with Gasteiger partial charge in [0, 0.05) is 6.07 Å². The first kappa shape index (κ1) is 18.7. The fourth-order valence-corrected chi connectivity index (χ4v) is 2.43. The summed E-state index contributed by atoms with van der Waals surface area (Å²) in [5, 5.41) is 6.34. The number of amides is 1. The first-order valence-electron chi connectivity index (χ1n) is 8.13. The van der Waals surface area contributed by atoms with Gasteiger partial charge in [-0.05, 0) is 32.9 Å². The summed E-state index contributed by atoms with van der Waals surface area (Å²) in [4.78, 5) is 26.2. The molecule has 0 fully saturated rings. The molecule has 7 nitrogen and oxygen atoms in total. The molecule has 134 valence electrons. The lowest BCUT2D eigenvalue weighted by Crippen LogP contribution is -2.44. The zero-order valence-electron chi connectivity index (χ0n) is 14.7. The zero-order chi connectivity index (χ0) is 18.2. The highest BCUT2D eigenvalue weighted by Crippen LogP contribution is 2.11. The number of hydrogen-bond acceptors (Lipinski definition) is 6. The number of nitrogens with one attached hydrogen (secondary N) is 1. The topological polar surface area (TPSA) is 84.7 Å².